The van der Waals surface area contributed by atoms with Gasteiger partial charge < -0.3 is 74.9 Å². The van der Waals surface area contributed by atoms with Gasteiger partial charge in [0.05, 0.1) is 0 Å². The average Bonchev–Trinajstić information content (AvgIpc) is 4.04. The SMILES string of the molecule is CC(=O)NC(CCCNC(=N)N)C(=O)N[C@H]1CCC(=O)NCCCC[C@@H](C(N)=O)NC(=O)[C@H](Cc2c[nH]c3ccccc23)NC(=O)[C@H](CCCNC(=N)N)NC(=O)[C@@H](Cc2ccc(F)cc2)NC(=O)[C@@H]2CCCN2C1=O. The standard InChI is InChI=1S/C50H71FN16O9/c1-28(68)61-35(12-6-22-58-49(53)54)43(71)64-37-19-20-41(69)57-21-5-4-11-34(42(52)70)62-46(74)39(26-30-27-60-33-10-3-2-9-32(30)33)65-44(72)36(13-7-23-59-50(55)56)63-45(73)38(25-29-15-17-31(51)18-16-29)66-47(75)40-14-8-24-67(40)48(37)76/h2-3,9-10,15-18,27,34-40,60H,4-8,11-14,19-26H2,1H3,(H2,52,70)(H,57,69)(H,61,68)(H,62,74)(H,63,73)(H,64,71)(H,65,72)(H,66,75)(H4,53,54,58)(H4,55,56,59)/t34-,35?,36-,37-,38+,39-,40-/m0/s1. The number of carbonyl (C=O) groups is 9. The number of para-hydroxylation sites is 1. The van der Waals surface area contributed by atoms with Crippen LogP contribution >= 0.6 is 0 Å². The van der Waals surface area contributed by atoms with E-state index in [4.69, 9.17) is 28.0 Å². The second-order valence-corrected chi connectivity index (χ2v) is 18.9. The molecule has 0 radical (unpaired) electrons. The van der Waals surface area contributed by atoms with E-state index in [2.05, 4.69) is 52.8 Å². The van der Waals surface area contributed by atoms with E-state index >= 15 is 0 Å². The van der Waals surface area contributed by atoms with Gasteiger partial charge in [-0.3, -0.25) is 54.0 Å². The number of aromatic amines is 1. The zero-order chi connectivity index (χ0) is 55.3. The fraction of sp³-hybridized carbons (Fsp3) is 0.500. The predicted octanol–water partition coefficient (Wildman–Crippen LogP) is -1.90. The Morgan fingerprint density at radius 3 is 2.11 bits per heavy atom. The Balaban J connectivity index is 1.50. The minimum Gasteiger partial charge on any atom is -0.370 e. The molecule has 0 bridgehead atoms. The van der Waals surface area contributed by atoms with Gasteiger partial charge in [0, 0.05) is 69.5 Å². The number of H-pyrrole nitrogens is 1. The zero-order valence-electron chi connectivity index (χ0n) is 42.5. The molecule has 1 unspecified atom stereocenters. The number of hydrogen-bond acceptors (Lipinski definition) is 11. The third-order valence-corrected chi connectivity index (χ3v) is 13.0. The highest BCUT2D eigenvalue weighted by Crippen LogP contribution is 2.22. The van der Waals surface area contributed by atoms with Gasteiger partial charge in [-0.05, 0) is 93.5 Å². The molecular weight excluding hydrogens is 988 g/mol. The monoisotopic (exact) mass is 1060 g/mol. The molecule has 2 aromatic carbocycles. The quantitative estimate of drug-likeness (QED) is 0.0424. The Labute approximate surface area is 438 Å². The van der Waals surface area contributed by atoms with Crippen LogP contribution in [-0.4, -0.2) is 143 Å². The van der Waals surface area contributed by atoms with Crippen molar-refractivity contribution in [3.8, 4) is 0 Å². The largest absolute Gasteiger partial charge is 0.370 e. The van der Waals surface area contributed by atoms with Crippen molar-refractivity contribution in [1.82, 2.24) is 57.7 Å². The Bertz CT molecular complexity index is 2580. The van der Waals surface area contributed by atoms with Crippen molar-refractivity contribution in [3.63, 3.8) is 0 Å². The number of carbonyl (C=O) groups excluding carboxylic acids is 9. The summed E-state index contributed by atoms with van der Waals surface area (Å²) >= 11 is 0. The van der Waals surface area contributed by atoms with Gasteiger partial charge in [-0.2, -0.15) is 0 Å². The molecule has 2 aliphatic heterocycles. The zero-order valence-corrected chi connectivity index (χ0v) is 42.5. The number of benzene rings is 2. The molecule has 412 valence electrons. The van der Waals surface area contributed by atoms with E-state index in [1.807, 2.05) is 18.2 Å². The van der Waals surface area contributed by atoms with Crippen LogP contribution in [0.2, 0.25) is 0 Å². The van der Waals surface area contributed by atoms with E-state index in [-0.39, 0.29) is 109 Å². The number of nitrogens with zero attached hydrogens (tertiary/aromatic N) is 1. The highest BCUT2D eigenvalue weighted by atomic mass is 19.1. The lowest BCUT2D eigenvalue weighted by atomic mass is 10.0. The second-order valence-electron chi connectivity index (χ2n) is 18.9. The van der Waals surface area contributed by atoms with Crippen molar-refractivity contribution in [2.24, 2.45) is 17.2 Å². The molecule has 26 heteroatoms. The summed E-state index contributed by atoms with van der Waals surface area (Å²) in [7, 11) is 0. The number of nitrogens with one attached hydrogen (secondary N) is 12. The van der Waals surface area contributed by atoms with Crippen LogP contribution < -0.4 is 65.1 Å². The molecular formula is C50H71FN16O9. The molecule has 2 fully saturated rings. The van der Waals surface area contributed by atoms with Crippen LogP contribution in [0.15, 0.2) is 54.7 Å². The maximum absolute atomic E-state index is 14.6. The molecule has 25 nitrogen and oxygen atoms in total. The van der Waals surface area contributed by atoms with E-state index in [1.165, 1.54) is 36.1 Å². The third kappa shape index (κ3) is 18.3. The summed E-state index contributed by atoms with van der Waals surface area (Å²) < 4.78 is 14.2. The number of aromatic nitrogens is 1. The molecule has 2 saturated heterocycles. The van der Waals surface area contributed by atoms with Gasteiger partial charge in [-0.25, -0.2) is 4.39 Å². The minimum atomic E-state index is -1.46. The maximum atomic E-state index is 14.6. The molecule has 3 aromatic rings. The van der Waals surface area contributed by atoms with Gasteiger partial charge in [-0.15, -0.1) is 0 Å². The number of guanidine groups is 2. The second kappa shape index (κ2) is 28.9. The van der Waals surface area contributed by atoms with Crippen LogP contribution in [0.3, 0.4) is 0 Å². The molecule has 0 saturated carbocycles. The van der Waals surface area contributed by atoms with Gasteiger partial charge in [0.25, 0.3) is 0 Å². The van der Waals surface area contributed by atoms with E-state index in [1.54, 1.807) is 12.3 Å². The molecule has 0 spiro atoms. The molecule has 9 amide bonds. The molecule has 5 rings (SSSR count). The number of nitrogens with two attached hydrogens (primary N) is 3. The first kappa shape index (κ1) is 58.6. The number of primary amides is 1. The van der Waals surface area contributed by atoms with Crippen molar-refractivity contribution in [2.45, 2.75) is 133 Å². The summed E-state index contributed by atoms with van der Waals surface area (Å²) in [4.78, 5) is 129. The van der Waals surface area contributed by atoms with E-state index in [0.717, 1.165) is 10.9 Å². The molecule has 76 heavy (non-hydrogen) atoms. The third-order valence-electron chi connectivity index (χ3n) is 13.0. The Morgan fingerprint density at radius 1 is 0.763 bits per heavy atom. The Kier molecular flexibility index (Phi) is 22.3. The molecule has 1 aromatic heterocycles. The van der Waals surface area contributed by atoms with Crippen molar-refractivity contribution in [1.29, 1.82) is 10.8 Å². The van der Waals surface area contributed by atoms with Gasteiger partial charge in [-0.1, -0.05) is 30.3 Å². The highest BCUT2D eigenvalue weighted by molar-refractivity contribution is 5.98. The van der Waals surface area contributed by atoms with Crippen molar-refractivity contribution >= 4 is 76.0 Å². The van der Waals surface area contributed by atoms with Crippen LogP contribution in [0, 0.1) is 16.6 Å². The average molecular weight is 1060 g/mol. The topological polar surface area (TPSA) is 407 Å². The fourth-order valence-electron chi connectivity index (χ4n) is 9.11. The molecule has 3 heterocycles. The lowest BCUT2D eigenvalue weighted by Gasteiger charge is -2.31. The van der Waals surface area contributed by atoms with Crippen LogP contribution in [-0.2, 0) is 56.0 Å². The Hall–Kier alpha value is -8.32. The summed E-state index contributed by atoms with van der Waals surface area (Å²) in [5.41, 5.74) is 18.5. The normalized spacial score (nSPS) is 22.0. The summed E-state index contributed by atoms with van der Waals surface area (Å²) in [5, 5.41) is 40.0. The highest BCUT2D eigenvalue weighted by Gasteiger charge is 2.40. The van der Waals surface area contributed by atoms with Crippen LogP contribution in [0.25, 0.3) is 10.9 Å². The number of hydrogen-bond donors (Lipinski definition) is 15. The molecule has 18 N–H and O–H groups in total. The molecule has 0 aliphatic carbocycles. The van der Waals surface area contributed by atoms with E-state index in [0.29, 0.717) is 24.0 Å². The molecule has 2 aliphatic rings. The van der Waals surface area contributed by atoms with Gasteiger partial charge in [0.1, 0.15) is 48.1 Å². The first-order valence-corrected chi connectivity index (χ1v) is 25.4. The maximum Gasteiger partial charge on any atom is 0.245 e. The van der Waals surface area contributed by atoms with Crippen molar-refractivity contribution < 1.29 is 47.5 Å². The first-order valence-electron chi connectivity index (χ1n) is 25.4. The van der Waals surface area contributed by atoms with Crippen LogP contribution in [0.1, 0.15) is 88.7 Å². The Morgan fingerprint density at radius 2 is 1.41 bits per heavy atom. The predicted molar refractivity (Wildman–Crippen MR) is 278 cm³/mol. The van der Waals surface area contributed by atoms with Crippen molar-refractivity contribution in [2.75, 3.05) is 26.2 Å². The van der Waals surface area contributed by atoms with Crippen LogP contribution in [0.5, 0.6) is 0 Å². The number of fused-ring (bicyclic) bond motifs is 2. The van der Waals surface area contributed by atoms with Gasteiger partial charge >= 0.3 is 0 Å². The van der Waals surface area contributed by atoms with Gasteiger partial charge in [0.2, 0.25) is 53.2 Å². The number of halogens is 1. The number of rotatable bonds is 16. The summed E-state index contributed by atoms with van der Waals surface area (Å²) in [6.07, 6.45) is 2.43. The smallest absolute Gasteiger partial charge is 0.245 e. The van der Waals surface area contributed by atoms with E-state index in [9.17, 15) is 47.5 Å². The fourth-order valence-corrected chi connectivity index (χ4v) is 9.11. The van der Waals surface area contributed by atoms with Gasteiger partial charge in [0.15, 0.2) is 11.9 Å². The summed E-state index contributed by atoms with van der Waals surface area (Å²) in [6, 6.07) is 3.32. The lowest BCUT2D eigenvalue weighted by molar-refractivity contribution is -0.143. The first-order chi connectivity index (χ1) is 36.3. The minimum absolute atomic E-state index is 0.0479. The van der Waals surface area contributed by atoms with E-state index < -0.39 is 101 Å². The molecule has 7 atom stereocenters. The summed E-state index contributed by atoms with van der Waals surface area (Å²) in [5.74, 6) is -7.79. The summed E-state index contributed by atoms with van der Waals surface area (Å²) in [6.45, 7) is 1.68. The lowest BCUT2D eigenvalue weighted by Crippen LogP contribution is -2.60. The number of amides is 9. The van der Waals surface area contributed by atoms with Crippen molar-refractivity contribution in [3.05, 3.63) is 71.7 Å². The van der Waals surface area contributed by atoms with Crippen LogP contribution in [0.4, 0.5) is 4.39 Å².